The van der Waals surface area contributed by atoms with Gasteiger partial charge in [-0.05, 0) is 65.2 Å². The van der Waals surface area contributed by atoms with E-state index in [1.165, 1.54) is 27.9 Å². The van der Waals surface area contributed by atoms with Gasteiger partial charge in [-0.3, -0.25) is 23.7 Å². The van der Waals surface area contributed by atoms with E-state index in [1.807, 2.05) is 106 Å². The van der Waals surface area contributed by atoms with Gasteiger partial charge >= 0.3 is 121 Å². The molecule has 0 bridgehead atoms. The average Bonchev–Trinajstić information content (AvgIpc) is 1.97. The fourth-order valence-electron chi connectivity index (χ4n) is 8.57. The Labute approximate surface area is 610 Å². The van der Waals surface area contributed by atoms with Crippen LogP contribution in [0.2, 0.25) is 0 Å². The Morgan fingerprint density at radius 2 is 1.28 bits per heavy atom. The summed E-state index contributed by atoms with van der Waals surface area (Å²) in [6.07, 6.45) is 12.5. The van der Waals surface area contributed by atoms with Gasteiger partial charge in [0.2, 0.25) is 0 Å². The molecular formula is C59H76BrF3K2N14O10. The maximum Gasteiger partial charge on any atom is 1.00 e. The number of H-pyrrole nitrogens is 1. The number of carbonyl (C=O) groups excluding carboxylic acids is 3. The van der Waals surface area contributed by atoms with E-state index in [4.69, 9.17) is 34.1 Å². The smallest absolute Gasteiger partial charge is 1.00 e. The summed E-state index contributed by atoms with van der Waals surface area (Å²) in [7, 11) is 0. The van der Waals surface area contributed by atoms with Crippen LogP contribution in [0.15, 0.2) is 129 Å². The number of ether oxygens (including phenoxy) is 4. The molecule has 2 N–H and O–H groups in total. The Bertz CT molecular complexity index is 3360. The summed E-state index contributed by atoms with van der Waals surface area (Å²) >= 11 is 3.48. The Morgan fingerprint density at radius 3 is 1.82 bits per heavy atom. The van der Waals surface area contributed by atoms with Crippen LogP contribution in [-0.2, 0) is 38.4 Å². The molecule has 8 aromatic rings. The van der Waals surface area contributed by atoms with E-state index in [0.717, 1.165) is 57.0 Å². The van der Waals surface area contributed by atoms with Gasteiger partial charge in [-0.2, -0.15) is 28.5 Å². The largest absolute Gasteiger partial charge is 1.00 e. The molecule has 2 aromatic carbocycles. The van der Waals surface area contributed by atoms with Crippen molar-refractivity contribution in [2.75, 3.05) is 44.2 Å². The summed E-state index contributed by atoms with van der Waals surface area (Å²) in [5.41, 5.74) is 1.12. The van der Waals surface area contributed by atoms with E-state index in [9.17, 15) is 22.8 Å². The number of fused-ring (bicyclic) bond motifs is 1. The number of halogens is 4. The maximum absolute atomic E-state index is 13.0. The van der Waals surface area contributed by atoms with E-state index >= 15 is 0 Å². The third kappa shape index (κ3) is 26.0. The predicted octanol–water partition coefficient (Wildman–Crippen LogP) is 3.76. The van der Waals surface area contributed by atoms with Gasteiger partial charge in [0, 0.05) is 56.2 Å². The Kier molecular flexibility index (Phi) is 32.4. The minimum Gasteiger partial charge on any atom is -1.00 e. The molecule has 3 aliphatic rings. The summed E-state index contributed by atoms with van der Waals surface area (Å²) in [6, 6.07) is 21.9. The number of aromatic amines is 1. The zero-order valence-electron chi connectivity index (χ0n) is 50.7. The molecule has 0 radical (unpaired) electrons. The van der Waals surface area contributed by atoms with Crippen molar-refractivity contribution < 1.29 is 166 Å². The topological polar surface area (TPSA) is 271 Å². The Morgan fingerprint density at radius 1 is 0.719 bits per heavy atom. The van der Waals surface area contributed by atoms with Crippen LogP contribution in [0.25, 0.3) is 17.2 Å². The Hall–Kier alpha value is -5.52. The molecule has 11 rings (SSSR count). The number of carbonyl (C=O) groups is 3. The molecule has 3 atom stereocenters. The van der Waals surface area contributed by atoms with Crippen LogP contribution in [-0.4, -0.2) is 155 Å². The predicted molar refractivity (Wildman–Crippen MR) is 320 cm³/mol. The van der Waals surface area contributed by atoms with Crippen LogP contribution >= 0.6 is 15.9 Å². The van der Waals surface area contributed by atoms with Crippen molar-refractivity contribution in [3.05, 3.63) is 146 Å². The second-order valence-corrected chi connectivity index (χ2v) is 22.8. The standard InChI is InChI=1S/C19H25N3O3.C18H15F3N8O.C10H10N2O.C9H16BrNO2.CH2O3.2CH4.2K.H/c1-19(2,3)25-18(23)21-10-9-16(13-21)24-17-11-20-22(14-17)12-15-7-5-4-6-8-15;19-18(20,21)14-10-29-13(7-24-16(29)8-23-14)17-22-3-1-15(27-17)28-4-2-11(9-28)30-12-5-25-26-6-12;13-10-6-11-12(8-10)7-9-4-2-1-3-5-9;1-9(2,3)13-8(12)11-5-4-7(10)6-11;2-1-4-3;;;;;/h4-8,11,14,16H,9-10,12-13H2,1-3H3;1,3,5-8,10-11H,2,4,9H2,(H,25,26);1-6,8,13H,7H2;7H,4-6H2,1-3H3;1,3H;2*1H4;;;/q;;;;;;;2*+1;-1/p-1. The fraction of sp³-hybridized carbons (Fsp3) is 0.424. The molecule has 3 aliphatic heterocycles. The van der Waals surface area contributed by atoms with E-state index in [2.05, 4.69) is 73.3 Å². The van der Waals surface area contributed by atoms with Gasteiger partial charge in [0.1, 0.15) is 34.9 Å². The third-order valence-electron chi connectivity index (χ3n) is 12.3. The van der Waals surface area contributed by atoms with E-state index < -0.39 is 17.5 Å². The number of likely N-dealkylation sites (tertiary alicyclic amines) is 2. The number of nitrogens with zero attached hydrogens (tertiary/aromatic N) is 13. The SMILES string of the molecule is C.C.CC(C)(C)OC(=O)N1CCC(Br)C1.CC(C)(C)OC(=O)N1CCC(Oc2cnn(Cc3ccccc3)c2)C1.FC(F)(F)c1cn2c(-c3nccc(N4CCC(Oc5cn[nH]c5)C4)n3)cnc2cn1.O=CO[O-].Oc1cnn(Cc2ccccc2)c1.[H-].[K+].[K+]. The third-order valence-corrected chi connectivity index (χ3v) is 13.1. The average molecular weight is 1360 g/mol. The molecule has 0 aliphatic carbocycles. The van der Waals surface area contributed by atoms with Crippen LogP contribution in [0, 0.1) is 0 Å². The monoisotopic (exact) mass is 1350 g/mol. The number of nitrogens with one attached hydrogen (secondary N) is 1. The molecule has 6 aromatic heterocycles. The normalized spacial score (nSPS) is 15.8. The summed E-state index contributed by atoms with van der Waals surface area (Å²) in [4.78, 5) is 57.1. The molecule has 2 amide bonds. The van der Waals surface area contributed by atoms with Gasteiger partial charge in [-0.25, -0.2) is 29.5 Å². The first-order valence-electron chi connectivity index (χ1n) is 27.0. The molecule has 3 saturated heterocycles. The summed E-state index contributed by atoms with van der Waals surface area (Å²) < 4.78 is 66.5. The van der Waals surface area contributed by atoms with Crippen LogP contribution < -0.4 is 122 Å². The van der Waals surface area contributed by atoms with E-state index in [1.54, 1.807) is 51.5 Å². The van der Waals surface area contributed by atoms with Gasteiger partial charge in [0.15, 0.2) is 34.4 Å². The molecule has 472 valence electrons. The number of anilines is 1. The first-order chi connectivity index (χ1) is 40.5. The number of imidazole rings is 1. The summed E-state index contributed by atoms with van der Waals surface area (Å²) in [6.45, 7) is 16.6. The van der Waals surface area contributed by atoms with Gasteiger partial charge in [0.25, 0.3) is 6.47 Å². The molecule has 0 saturated carbocycles. The molecule has 0 spiro atoms. The molecule has 89 heavy (non-hydrogen) atoms. The summed E-state index contributed by atoms with van der Waals surface area (Å²) in [5.74, 6) is 2.55. The van der Waals surface area contributed by atoms with Crippen LogP contribution in [0.5, 0.6) is 17.2 Å². The first-order valence-corrected chi connectivity index (χ1v) is 27.9. The zero-order valence-corrected chi connectivity index (χ0v) is 57.5. The van der Waals surface area contributed by atoms with Crippen LogP contribution in [0.4, 0.5) is 28.6 Å². The quantitative estimate of drug-likeness (QED) is 0.0613. The van der Waals surface area contributed by atoms with Crippen molar-refractivity contribution >= 4 is 46.1 Å². The maximum atomic E-state index is 13.0. The molecule has 9 heterocycles. The van der Waals surface area contributed by atoms with Gasteiger partial charge in [-0.1, -0.05) is 91.4 Å². The number of aromatic nitrogens is 11. The molecule has 3 unspecified atom stereocenters. The van der Waals surface area contributed by atoms with Crippen molar-refractivity contribution in [1.29, 1.82) is 0 Å². The Balaban J connectivity index is 0.000000415. The number of benzene rings is 2. The summed E-state index contributed by atoms with van der Waals surface area (Å²) in [5, 5.41) is 32.4. The van der Waals surface area contributed by atoms with Crippen LogP contribution in [0.3, 0.4) is 0 Å². The zero-order chi connectivity index (χ0) is 61.2. The van der Waals surface area contributed by atoms with Crippen molar-refractivity contribution in [2.24, 2.45) is 0 Å². The number of alkyl halides is 4. The second kappa shape index (κ2) is 37.1. The van der Waals surface area contributed by atoms with Gasteiger partial charge < -0.3 is 50.3 Å². The van der Waals surface area contributed by atoms with Crippen molar-refractivity contribution in [3.8, 4) is 28.8 Å². The minimum absolute atomic E-state index is 0. The number of aromatic hydroxyl groups is 1. The fourth-order valence-corrected chi connectivity index (χ4v) is 9.12. The van der Waals surface area contributed by atoms with Crippen molar-refractivity contribution in [3.63, 3.8) is 0 Å². The molecular weight excluding hydrogens is 1280 g/mol. The van der Waals surface area contributed by atoms with Gasteiger partial charge in [-0.15, -0.1) is 0 Å². The first kappa shape index (κ1) is 77.7. The van der Waals surface area contributed by atoms with Crippen LogP contribution in [0.1, 0.15) is 93.9 Å². The number of rotatable bonds is 11. The van der Waals surface area contributed by atoms with Crippen molar-refractivity contribution in [2.45, 2.75) is 123 Å². The van der Waals surface area contributed by atoms with Crippen molar-refractivity contribution in [1.82, 2.24) is 63.9 Å². The van der Waals surface area contributed by atoms with E-state index in [0.29, 0.717) is 54.8 Å². The molecule has 30 heteroatoms. The van der Waals surface area contributed by atoms with E-state index in [-0.39, 0.29) is 173 Å². The van der Waals surface area contributed by atoms with Gasteiger partial charge in [0.05, 0.1) is 75.8 Å². The molecule has 24 nitrogen and oxygen atoms in total. The number of hydrogen-bond donors (Lipinski definition) is 2. The second-order valence-electron chi connectivity index (χ2n) is 21.5. The molecule has 3 fully saturated rings. The number of hydrogen-bond acceptors (Lipinski definition) is 18. The number of amides is 2. The minimum atomic E-state index is -4.56.